The van der Waals surface area contributed by atoms with Gasteiger partial charge >= 0.3 is 0 Å². The zero-order valence-electron chi connectivity index (χ0n) is 9.41. The van der Waals surface area contributed by atoms with Gasteiger partial charge in [0.15, 0.2) is 5.78 Å². The second kappa shape index (κ2) is 4.87. The Morgan fingerprint density at radius 2 is 2.00 bits per heavy atom. The van der Waals surface area contributed by atoms with E-state index < -0.39 is 0 Å². The first kappa shape index (κ1) is 11.6. The Bertz CT molecular complexity index is 380. The predicted octanol–water partition coefficient (Wildman–Crippen LogP) is 2.79. The molecule has 0 aliphatic rings. The Hall–Kier alpha value is -1.44. The number of carbonyl (C=O) groups excluding carboxylic acids is 2. The molecule has 0 aliphatic carbocycles. The molecule has 2 heteroatoms. The first-order valence-electron chi connectivity index (χ1n) is 5.11. The fourth-order valence-electron chi connectivity index (χ4n) is 1.61. The second-order valence-electron chi connectivity index (χ2n) is 4.04. The molecule has 2 nitrogen and oxygen atoms in total. The van der Waals surface area contributed by atoms with Crippen molar-refractivity contribution in [3.05, 3.63) is 35.4 Å². The molecule has 0 saturated carbocycles. The van der Waals surface area contributed by atoms with Gasteiger partial charge in [0.05, 0.1) is 0 Å². The van der Waals surface area contributed by atoms with Crippen molar-refractivity contribution < 1.29 is 9.59 Å². The molecule has 0 heterocycles. The normalized spacial score (nSPS) is 12.2. The van der Waals surface area contributed by atoms with Crippen molar-refractivity contribution in [2.75, 3.05) is 0 Å². The third-order valence-corrected chi connectivity index (χ3v) is 2.34. The van der Waals surface area contributed by atoms with Crippen LogP contribution in [0, 0.1) is 12.8 Å². The second-order valence-corrected chi connectivity index (χ2v) is 4.04. The number of hydrogen-bond acceptors (Lipinski definition) is 2. The third kappa shape index (κ3) is 3.31. The van der Waals surface area contributed by atoms with Crippen LogP contribution in [0.1, 0.15) is 36.2 Å². The van der Waals surface area contributed by atoms with E-state index >= 15 is 0 Å². The molecule has 1 aromatic carbocycles. The quantitative estimate of drug-likeness (QED) is 0.707. The van der Waals surface area contributed by atoms with Crippen LogP contribution in [0.5, 0.6) is 0 Å². The van der Waals surface area contributed by atoms with Gasteiger partial charge in [-0.05, 0) is 19.9 Å². The van der Waals surface area contributed by atoms with E-state index in [1.807, 2.05) is 25.1 Å². The number of ketones is 2. The van der Waals surface area contributed by atoms with Crippen molar-refractivity contribution in [1.29, 1.82) is 0 Å². The molecule has 0 aliphatic heterocycles. The summed E-state index contributed by atoms with van der Waals surface area (Å²) in [5.74, 6) is -0.110. The van der Waals surface area contributed by atoms with Gasteiger partial charge in [-0.1, -0.05) is 30.7 Å². The SMILES string of the molecule is CC(=O)CC(C)C(=O)c1cccc(C)c1. The van der Waals surface area contributed by atoms with Crippen LogP contribution in [-0.4, -0.2) is 11.6 Å². The van der Waals surface area contributed by atoms with E-state index in [9.17, 15) is 9.59 Å². The van der Waals surface area contributed by atoms with E-state index in [0.29, 0.717) is 12.0 Å². The third-order valence-electron chi connectivity index (χ3n) is 2.34. The van der Waals surface area contributed by atoms with E-state index in [1.54, 1.807) is 13.0 Å². The first-order chi connectivity index (χ1) is 7.00. The summed E-state index contributed by atoms with van der Waals surface area (Å²) in [7, 11) is 0. The summed E-state index contributed by atoms with van der Waals surface area (Å²) >= 11 is 0. The van der Waals surface area contributed by atoms with Gasteiger partial charge in [0, 0.05) is 17.9 Å². The van der Waals surface area contributed by atoms with Crippen molar-refractivity contribution in [1.82, 2.24) is 0 Å². The van der Waals surface area contributed by atoms with Gasteiger partial charge in [-0.3, -0.25) is 4.79 Å². The summed E-state index contributed by atoms with van der Waals surface area (Å²) in [5.41, 5.74) is 1.76. The van der Waals surface area contributed by atoms with Gasteiger partial charge in [0.1, 0.15) is 5.78 Å². The van der Waals surface area contributed by atoms with Gasteiger partial charge in [-0.15, -0.1) is 0 Å². The molecule has 0 bridgehead atoms. The largest absolute Gasteiger partial charge is 0.300 e. The Balaban J connectivity index is 2.80. The highest BCUT2D eigenvalue weighted by Crippen LogP contribution is 2.13. The van der Waals surface area contributed by atoms with Crippen LogP contribution in [0.15, 0.2) is 24.3 Å². The van der Waals surface area contributed by atoms with Crippen molar-refractivity contribution in [2.24, 2.45) is 5.92 Å². The molecule has 0 saturated heterocycles. The molecule has 80 valence electrons. The molecule has 1 atom stereocenters. The van der Waals surface area contributed by atoms with Crippen molar-refractivity contribution in [3.63, 3.8) is 0 Å². The van der Waals surface area contributed by atoms with Gasteiger partial charge in [0.2, 0.25) is 0 Å². The maximum Gasteiger partial charge on any atom is 0.166 e. The highest BCUT2D eigenvalue weighted by Gasteiger charge is 2.16. The number of benzene rings is 1. The first-order valence-corrected chi connectivity index (χ1v) is 5.11. The smallest absolute Gasteiger partial charge is 0.166 e. The minimum absolute atomic E-state index is 0.0499. The summed E-state index contributed by atoms with van der Waals surface area (Å²) in [6.07, 6.45) is 0.326. The summed E-state index contributed by atoms with van der Waals surface area (Å²) in [6, 6.07) is 7.47. The van der Waals surface area contributed by atoms with Gasteiger partial charge in [-0.25, -0.2) is 0 Å². The molecule has 1 aromatic rings. The van der Waals surface area contributed by atoms with Crippen LogP contribution in [0.4, 0.5) is 0 Å². The zero-order valence-corrected chi connectivity index (χ0v) is 9.41. The summed E-state index contributed by atoms with van der Waals surface area (Å²) < 4.78 is 0. The Morgan fingerprint density at radius 3 is 2.53 bits per heavy atom. The highest BCUT2D eigenvalue weighted by molar-refractivity contribution is 5.99. The molecule has 0 fully saturated rings. The van der Waals surface area contributed by atoms with Crippen LogP contribution in [0.2, 0.25) is 0 Å². The highest BCUT2D eigenvalue weighted by atomic mass is 16.1. The molecule has 1 rings (SSSR count). The summed E-state index contributed by atoms with van der Waals surface area (Å²) in [4.78, 5) is 22.8. The number of aryl methyl sites for hydroxylation is 1. The van der Waals surface area contributed by atoms with E-state index in [1.165, 1.54) is 6.92 Å². The Kier molecular flexibility index (Phi) is 3.78. The maximum atomic E-state index is 11.9. The lowest BCUT2D eigenvalue weighted by Crippen LogP contribution is -2.14. The van der Waals surface area contributed by atoms with E-state index in [2.05, 4.69) is 0 Å². The van der Waals surface area contributed by atoms with Gasteiger partial charge in [0.25, 0.3) is 0 Å². The molecule has 0 N–H and O–H groups in total. The van der Waals surface area contributed by atoms with Crippen LogP contribution < -0.4 is 0 Å². The average molecular weight is 204 g/mol. The number of Topliss-reactive ketones (excluding diaryl/α,β-unsaturated/α-hetero) is 2. The average Bonchev–Trinajstić information content (AvgIpc) is 2.15. The van der Waals surface area contributed by atoms with Crippen molar-refractivity contribution >= 4 is 11.6 Å². The number of hydrogen-bond donors (Lipinski definition) is 0. The molecular weight excluding hydrogens is 188 g/mol. The molecular formula is C13H16O2. The van der Waals surface area contributed by atoms with Crippen LogP contribution in [0.25, 0.3) is 0 Å². The molecule has 0 spiro atoms. The lowest BCUT2D eigenvalue weighted by Gasteiger charge is -2.08. The molecule has 1 unspecified atom stereocenters. The summed E-state index contributed by atoms with van der Waals surface area (Å²) in [5, 5.41) is 0. The fourth-order valence-corrected chi connectivity index (χ4v) is 1.61. The lowest BCUT2D eigenvalue weighted by molar-refractivity contribution is -0.117. The van der Waals surface area contributed by atoms with Gasteiger partial charge in [-0.2, -0.15) is 0 Å². The Morgan fingerprint density at radius 1 is 1.33 bits per heavy atom. The standard InChI is InChI=1S/C13H16O2/c1-9-5-4-6-12(7-9)13(15)10(2)8-11(3)14/h4-7,10H,8H2,1-3H3. The van der Waals surface area contributed by atoms with Crippen LogP contribution in [-0.2, 0) is 4.79 Å². The van der Waals surface area contributed by atoms with E-state index in [-0.39, 0.29) is 17.5 Å². The molecule has 0 amide bonds. The van der Waals surface area contributed by atoms with Crippen molar-refractivity contribution in [3.8, 4) is 0 Å². The fraction of sp³-hybridized carbons (Fsp3) is 0.385. The van der Waals surface area contributed by atoms with Gasteiger partial charge < -0.3 is 4.79 Å². The summed E-state index contributed by atoms with van der Waals surface area (Å²) in [6.45, 7) is 5.26. The van der Waals surface area contributed by atoms with Crippen molar-refractivity contribution in [2.45, 2.75) is 27.2 Å². The number of carbonyl (C=O) groups is 2. The molecule has 15 heavy (non-hydrogen) atoms. The van der Waals surface area contributed by atoms with E-state index in [0.717, 1.165) is 5.56 Å². The van der Waals surface area contributed by atoms with Crippen LogP contribution >= 0.6 is 0 Å². The minimum Gasteiger partial charge on any atom is -0.300 e. The lowest BCUT2D eigenvalue weighted by atomic mass is 9.94. The Labute approximate surface area is 90.3 Å². The minimum atomic E-state index is -0.218. The maximum absolute atomic E-state index is 11.9. The molecule has 0 radical (unpaired) electrons. The van der Waals surface area contributed by atoms with E-state index in [4.69, 9.17) is 0 Å². The predicted molar refractivity (Wildman–Crippen MR) is 60.0 cm³/mol. The monoisotopic (exact) mass is 204 g/mol. The zero-order chi connectivity index (χ0) is 11.4. The van der Waals surface area contributed by atoms with Crippen LogP contribution in [0.3, 0.4) is 0 Å². The topological polar surface area (TPSA) is 34.1 Å². The number of rotatable bonds is 4. The molecule has 0 aromatic heterocycles.